The van der Waals surface area contributed by atoms with Crippen LogP contribution in [0.2, 0.25) is 0 Å². The van der Waals surface area contributed by atoms with Crippen LogP contribution in [0.5, 0.6) is 0 Å². The first-order chi connectivity index (χ1) is 5.59. The van der Waals surface area contributed by atoms with Crippen LogP contribution in [-0.2, 0) is 0 Å². The van der Waals surface area contributed by atoms with Crippen LogP contribution in [-0.4, -0.2) is 15.6 Å². The number of nitrogens with two attached hydrogens (primary N) is 1. The number of aryl methyl sites for hydroxylation is 1. The van der Waals surface area contributed by atoms with Gasteiger partial charge in [0.2, 0.25) is 0 Å². The second-order valence-electron chi connectivity index (χ2n) is 3.08. The fourth-order valence-electron chi connectivity index (χ4n) is 1.09. The second kappa shape index (κ2) is 3.38. The monoisotopic (exact) mass is 166 g/mol. The Bertz CT molecular complexity index is 276. The number of aromatic nitrogens is 2. The minimum Gasteiger partial charge on any atom is -0.388 e. The van der Waals surface area contributed by atoms with Crippen molar-refractivity contribution in [3.05, 3.63) is 18.0 Å². The Morgan fingerprint density at radius 2 is 2.50 bits per heavy atom. The van der Waals surface area contributed by atoms with Gasteiger partial charge in [-0.05, 0) is 19.4 Å². The zero-order chi connectivity index (χ0) is 9.14. The molecule has 0 radical (unpaired) electrons. The molecule has 0 saturated carbocycles. The maximum atomic E-state index is 7.12. The third kappa shape index (κ3) is 2.08. The highest BCUT2D eigenvalue weighted by atomic mass is 15.3. The molecule has 4 nitrogen and oxygen atoms in total. The number of hydrogen-bond acceptors (Lipinski definition) is 2. The summed E-state index contributed by atoms with van der Waals surface area (Å²) < 4.78 is 1.83. The molecular weight excluding hydrogens is 152 g/mol. The molecule has 0 aliphatic heterocycles. The van der Waals surface area contributed by atoms with E-state index in [-0.39, 0.29) is 11.9 Å². The van der Waals surface area contributed by atoms with Gasteiger partial charge < -0.3 is 5.73 Å². The zero-order valence-corrected chi connectivity index (χ0v) is 7.41. The molecule has 0 aromatic carbocycles. The first-order valence-electron chi connectivity index (χ1n) is 3.93. The Morgan fingerprint density at radius 3 is 2.92 bits per heavy atom. The highest BCUT2D eigenvalue weighted by molar-refractivity contribution is 5.77. The Morgan fingerprint density at radius 1 is 1.83 bits per heavy atom. The van der Waals surface area contributed by atoms with E-state index in [0.717, 1.165) is 5.56 Å². The molecule has 0 aliphatic rings. The molecule has 1 aromatic rings. The number of nitrogens with one attached hydrogen (secondary N) is 1. The van der Waals surface area contributed by atoms with Crippen molar-refractivity contribution in [3.8, 4) is 0 Å². The first-order valence-corrected chi connectivity index (χ1v) is 3.93. The van der Waals surface area contributed by atoms with Gasteiger partial charge in [0.05, 0.1) is 18.1 Å². The Balaban J connectivity index is 2.64. The van der Waals surface area contributed by atoms with Crippen molar-refractivity contribution in [2.75, 3.05) is 0 Å². The summed E-state index contributed by atoms with van der Waals surface area (Å²) in [5.74, 6) is 0.204. The van der Waals surface area contributed by atoms with Crippen LogP contribution in [0.4, 0.5) is 0 Å². The van der Waals surface area contributed by atoms with Gasteiger partial charge >= 0.3 is 0 Å². The molecular formula is C8H14N4. The van der Waals surface area contributed by atoms with E-state index in [1.54, 1.807) is 6.20 Å². The molecule has 4 heteroatoms. The molecule has 66 valence electrons. The van der Waals surface area contributed by atoms with Crippen LogP contribution in [0, 0.1) is 12.3 Å². The molecule has 12 heavy (non-hydrogen) atoms. The summed E-state index contributed by atoms with van der Waals surface area (Å²) in [6, 6.07) is 0.177. The molecule has 1 unspecified atom stereocenters. The summed E-state index contributed by atoms with van der Waals surface area (Å²) in [6.45, 7) is 3.98. The SMILES string of the molecule is Cc1cnn(C(C)CC(=N)N)c1. The second-order valence-corrected chi connectivity index (χ2v) is 3.08. The van der Waals surface area contributed by atoms with E-state index in [2.05, 4.69) is 5.10 Å². The van der Waals surface area contributed by atoms with E-state index >= 15 is 0 Å². The predicted octanol–water partition coefficient (Wildman–Crippen LogP) is 1.08. The topological polar surface area (TPSA) is 67.7 Å². The quantitative estimate of drug-likeness (QED) is 0.521. The van der Waals surface area contributed by atoms with Crippen molar-refractivity contribution < 1.29 is 0 Å². The van der Waals surface area contributed by atoms with E-state index in [1.165, 1.54) is 0 Å². The molecule has 0 amide bonds. The van der Waals surface area contributed by atoms with E-state index in [1.807, 2.05) is 24.7 Å². The van der Waals surface area contributed by atoms with Crippen molar-refractivity contribution >= 4 is 5.84 Å². The zero-order valence-electron chi connectivity index (χ0n) is 7.41. The third-order valence-corrected chi connectivity index (χ3v) is 1.70. The molecule has 0 fully saturated rings. The van der Waals surface area contributed by atoms with Gasteiger partial charge in [-0.3, -0.25) is 10.1 Å². The summed E-state index contributed by atoms with van der Waals surface area (Å²) in [6.07, 6.45) is 4.31. The maximum Gasteiger partial charge on any atom is 0.0926 e. The fourth-order valence-corrected chi connectivity index (χ4v) is 1.09. The molecule has 0 bridgehead atoms. The van der Waals surface area contributed by atoms with Gasteiger partial charge in [-0.15, -0.1) is 0 Å². The Labute approximate surface area is 71.9 Å². The van der Waals surface area contributed by atoms with E-state index in [4.69, 9.17) is 11.1 Å². The Kier molecular flexibility index (Phi) is 2.47. The van der Waals surface area contributed by atoms with Gasteiger partial charge in [-0.2, -0.15) is 5.10 Å². The summed E-state index contributed by atoms with van der Waals surface area (Å²) in [7, 11) is 0. The minimum absolute atomic E-state index is 0.177. The van der Waals surface area contributed by atoms with Gasteiger partial charge in [-0.1, -0.05) is 0 Å². The van der Waals surface area contributed by atoms with Crippen molar-refractivity contribution in [1.29, 1.82) is 5.41 Å². The van der Waals surface area contributed by atoms with Crippen molar-refractivity contribution in [2.45, 2.75) is 26.3 Å². The van der Waals surface area contributed by atoms with Crippen molar-refractivity contribution in [2.24, 2.45) is 5.73 Å². The van der Waals surface area contributed by atoms with Gasteiger partial charge in [0.1, 0.15) is 0 Å². The van der Waals surface area contributed by atoms with Crippen LogP contribution in [0.3, 0.4) is 0 Å². The van der Waals surface area contributed by atoms with E-state index in [0.29, 0.717) is 6.42 Å². The third-order valence-electron chi connectivity index (χ3n) is 1.70. The smallest absolute Gasteiger partial charge is 0.0926 e. The van der Waals surface area contributed by atoms with Crippen LogP contribution in [0.15, 0.2) is 12.4 Å². The van der Waals surface area contributed by atoms with Crippen molar-refractivity contribution in [3.63, 3.8) is 0 Å². The lowest BCUT2D eigenvalue weighted by Crippen LogP contribution is -2.16. The molecule has 1 aromatic heterocycles. The summed E-state index contributed by atoms with van der Waals surface area (Å²) >= 11 is 0. The minimum atomic E-state index is 0.177. The molecule has 0 spiro atoms. The number of hydrogen-bond donors (Lipinski definition) is 2. The van der Waals surface area contributed by atoms with Crippen LogP contribution < -0.4 is 5.73 Å². The lowest BCUT2D eigenvalue weighted by Gasteiger charge is -2.09. The highest BCUT2D eigenvalue weighted by Gasteiger charge is 2.05. The molecule has 0 aliphatic carbocycles. The summed E-state index contributed by atoms with van der Waals surface area (Å²) in [4.78, 5) is 0. The predicted molar refractivity (Wildman–Crippen MR) is 48.2 cm³/mol. The van der Waals surface area contributed by atoms with Crippen molar-refractivity contribution in [1.82, 2.24) is 9.78 Å². The average Bonchev–Trinajstić information content (AvgIpc) is 2.34. The lowest BCUT2D eigenvalue weighted by atomic mass is 10.2. The van der Waals surface area contributed by atoms with Crippen LogP contribution in [0.1, 0.15) is 24.9 Å². The van der Waals surface area contributed by atoms with Crippen LogP contribution in [0.25, 0.3) is 0 Å². The molecule has 0 saturated heterocycles. The van der Waals surface area contributed by atoms with E-state index in [9.17, 15) is 0 Å². The molecule has 1 rings (SSSR count). The van der Waals surface area contributed by atoms with Gasteiger partial charge in [-0.25, -0.2) is 0 Å². The summed E-state index contributed by atoms with van der Waals surface area (Å²) in [5.41, 5.74) is 6.41. The number of amidine groups is 1. The van der Waals surface area contributed by atoms with Gasteiger partial charge in [0.25, 0.3) is 0 Å². The lowest BCUT2D eigenvalue weighted by molar-refractivity contribution is 0.504. The number of nitrogens with zero attached hydrogens (tertiary/aromatic N) is 2. The fraction of sp³-hybridized carbons (Fsp3) is 0.500. The normalized spacial score (nSPS) is 12.8. The highest BCUT2D eigenvalue weighted by Crippen LogP contribution is 2.09. The van der Waals surface area contributed by atoms with Crippen LogP contribution >= 0.6 is 0 Å². The Hall–Kier alpha value is -1.32. The van der Waals surface area contributed by atoms with Gasteiger partial charge in [0.15, 0.2) is 0 Å². The van der Waals surface area contributed by atoms with Gasteiger partial charge in [0, 0.05) is 12.6 Å². The standard InChI is InChI=1S/C8H14N4/c1-6-4-11-12(5-6)7(2)3-8(9)10/h4-5,7H,3H2,1-2H3,(H3,9,10). The molecule has 1 atom stereocenters. The summed E-state index contributed by atoms with van der Waals surface area (Å²) in [5, 5.41) is 11.3. The largest absolute Gasteiger partial charge is 0.388 e. The average molecular weight is 166 g/mol. The molecule has 3 N–H and O–H groups in total. The molecule has 1 heterocycles. The maximum absolute atomic E-state index is 7.12. The van der Waals surface area contributed by atoms with E-state index < -0.39 is 0 Å². The number of rotatable bonds is 3. The first kappa shape index (κ1) is 8.77.